The Morgan fingerprint density at radius 3 is 2.94 bits per heavy atom. The van der Waals surface area contributed by atoms with E-state index in [0.29, 0.717) is 11.3 Å². The van der Waals surface area contributed by atoms with E-state index in [1.807, 2.05) is 6.07 Å². The minimum absolute atomic E-state index is 0.193. The number of nitrogens with zero attached hydrogens (tertiary/aromatic N) is 1. The third-order valence-electron chi connectivity index (χ3n) is 3.32. The van der Waals surface area contributed by atoms with E-state index in [2.05, 4.69) is 11.4 Å². The first kappa shape index (κ1) is 12.6. The summed E-state index contributed by atoms with van der Waals surface area (Å²) in [5, 5.41) is 14.2. The molecule has 0 unspecified atom stereocenters. The first-order chi connectivity index (χ1) is 8.68. The number of hydrogen-bond acceptors (Lipinski definition) is 3. The molecule has 0 aliphatic heterocycles. The van der Waals surface area contributed by atoms with Gasteiger partial charge in [-0.1, -0.05) is 23.8 Å². The lowest BCUT2D eigenvalue weighted by molar-refractivity contribution is -0.384. The average Bonchev–Trinajstić information content (AvgIpc) is 2.81. The molecule has 96 valence electrons. The van der Waals surface area contributed by atoms with Crippen LogP contribution in [0.5, 0.6) is 0 Å². The molecular formula is C14H18N2O2. The summed E-state index contributed by atoms with van der Waals surface area (Å²) in [6.45, 7) is 2.53. The van der Waals surface area contributed by atoms with Crippen molar-refractivity contribution < 1.29 is 4.92 Å². The summed E-state index contributed by atoms with van der Waals surface area (Å²) in [5.41, 5.74) is 2.99. The zero-order valence-electron chi connectivity index (χ0n) is 10.6. The van der Waals surface area contributed by atoms with Gasteiger partial charge in [0, 0.05) is 12.1 Å². The van der Waals surface area contributed by atoms with E-state index in [-0.39, 0.29) is 10.6 Å². The van der Waals surface area contributed by atoms with Crippen molar-refractivity contribution in [3.8, 4) is 0 Å². The zero-order valence-corrected chi connectivity index (χ0v) is 10.6. The molecule has 4 heteroatoms. The van der Waals surface area contributed by atoms with Gasteiger partial charge in [0.1, 0.15) is 5.69 Å². The van der Waals surface area contributed by atoms with Crippen LogP contribution in [0.25, 0.3) is 0 Å². The number of rotatable bonds is 5. The third-order valence-corrected chi connectivity index (χ3v) is 3.32. The van der Waals surface area contributed by atoms with Crippen molar-refractivity contribution >= 4 is 11.4 Å². The Morgan fingerprint density at radius 1 is 1.44 bits per heavy atom. The zero-order chi connectivity index (χ0) is 13.0. The summed E-state index contributed by atoms with van der Waals surface area (Å²) < 4.78 is 0. The fourth-order valence-corrected chi connectivity index (χ4v) is 2.37. The van der Waals surface area contributed by atoms with Crippen LogP contribution in [0.4, 0.5) is 11.4 Å². The van der Waals surface area contributed by atoms with Crippen molar-refractivity contribution in [2.24, 2.45) is 0 Å². The van der Waals surface area contributed by atoms with Crippen molar-refractivity contribution in [3.63, 3.8) is 0 Å². The molecule has 0 aromatic heterocycles. The average molecular weight is 246 g/mol. The maximum Gasteiger partial charge on any atom is 0.295 e. The molecule has 1 aliphatic carbocycles. The number of nitro benzene ring substituents is 1. The standard InChI is InChI=1S/C14H18N2O2/c1-11-5-4-8-13(14(11)16(17)18)15-10-9-12-6-2-3-7-12/h4-6,8,15H,2-3,7,9-10H2,1H3. The number of benzene rings is 1. The van der Waals surface area contributed by atoms with Gasteiger partial charge in [-0.25, -0.2) is 0 Å². The topological polar surface area (TPSA) is 55.2 Å². The van der Waals surface area contributed by atoms with Crippen LogP contribution in [0.2, 0.25) is 0 Å². The third kappa shape index (κ3) is 2.88. The van der Waals surface area contributed by atoms with Crippen LogP contribution in [0.3, 0.4) is 0 Å². The predicted molar refractivity (Wildman–Crippen MR) is 72.9 cm³/mol. The molecule has 0 spiro atoms. The Hall–Kier alpha value is -1.84. The number of nitrogens with one attached hydrogen (secondary N) is 1. The fourth-order valence-electron chi connectivity index (χ4n) is 2.37. The second-order valence-electron chi connectivity index (χ2n) is 4.66. The number of anilines is 1. The lowest BCUT2D eigenvalue weighted by Crippen LogP contribution is -2.05. The second-order valence-corrected chi connectivity index (χ2v) is 4.66. The van der Waals surface area contributed by atoms with Crippen LogP contribution in [0.15, 0.2) is 29.8 Å². The molecule has 0 saturated carbocycles. The van der Waals surface area contributed by atoms with E-state index in [1.165, 1.54) is 24.8 Å². The van der Waals surface area contributed by atoms with Gasteiger partial charge in [-0.15, -0.1) is 0 Å². The van der Waals surface area contributed by atoms with E-state index in [4.69, 9.17) is 0 Å². The molecule has 1 aliphatic rings. The van der Waals surface area contributed by atoms with Gasteiger partial charge in [0.25, 0.3) is 5.69 Å². The highest BCUT2D eigenvalue weighted by molar-refractivity contribution is 5.65. The van der Waals surface area contributed by atoms with Gasteiger partial charge in [-0.05, 0) is 38.7 Å². The summed E-state index contributed by atoms with van der Waals surface area (Å²) in [4.78, 5) is 10.7. The van der Waals surface area contributed by atoms with E-state index < -0.39 is 0 Å². The minimum atomic E-state index is -0.313. The summed E-state index contributed by atoms with van der Waals surface area (Å²) in [5.74, 6) is 0. The Labute approximate surface area is 107 Å². The molecular weight excluding hydrogens is 228 g/mol. The highest BCUT2D eigenvalue weighted by atomic mass is 16.6. The largest absolute Gasteiger partial charge is 0.379 e. The number of allylic oxidation sites excluding steroid dienone is 1. The molecule has 0 saturated heterocycles. The van der Waals surface area contributed by atoms with E-state index in [0.717, 1.165) is 13.0 Å². The van der Waals surface area contributed by atoms with Crippen molar-refractivity contribution in [2.75, 3.05) is 11.9 Å². The van der Waals surface area contributed by atoms with E-state index in [9.17, 15) is 10.1 Å². The minimum Gasteiger partial charge on any atom is -0.379 e. The Balaban J connectivity index is 2.00. The molecule has 18 heavy (non-hydrogen) atoms. The molecule has 1 aromatic carbocycles. The Morgan fingerprint density at radius 2 is 2.28 bits per heavy atom. The van der Waals surface area contributed by atoms with Crippen molar-refractivity contribution in [1.29, 1.82) is 0 Å². The van der Waals surface area contributed by atoms with Crippen LogP contribution in [-0.4, -0.2) is 11.5 Å². The van der Waals surface area contributed by atoms with Crippen LogP contribution < -0.4 is 5.32 Å². The quantitative estimate of drug-likeness (QED) is 0.488. The molecule has 2 rings (SSSR count). The first-order valence-corrected chi connectivity index (χ1v) is 6.34. The number of para-hydroxylation sites is 1. The molecule has 0 bridgehead atoms. The fraction of sp³-hybridized carbons (Fsp3) is 0.429. The van der Waals surface area contributed by atoms with E-state index in [1.54, 1.807) is 19.1 Å². The highest BCUT2D eigenvalue weighted by Gasteiger charge is 2.16. The lowest BCUT2D eigenvalue weighted by Gasteiger charge is -2.08. The normalized spacial score (nSPS) is 14.4. The maximum atomic E-state index is 11.0. The van der Waals surface area contributed by atoms with Crippen LogP contribution in [-0.2, 0) is 0 Å². The Bertz CT molecular complexity index is 481. The lowest BCUT2D eigenvalue weighted by atomic mass is 10.1. The number of nitro groups is 1. The number of hydrogen-bond donors (Lipinski definition) is 1. The smallest absolute Gasteiger partial charge is 0.295 e. The highest BCUT2D eigenvalue weighted by Crippen LogP contribution is 2.28. The predicted octanol–water partition coefficient (Wildman–Crippen LogP) is 3.82. The van der Waals surface area contributed by atoms with Crippen LogP contribution in [0, 0.1) is 17.0 Å². The molecule has 0 atom stereocenters. The monoisotopic (exact) mass is 246 g/mol. The summed E-state index contributed by atoms with van der Waals surface area (Å²) >= 11 is 0. The molecule has 0 fully saturated rings. The van der Waals surface area contributed by atoms with E-state index >= 15 is 0 Å². The molecule has 1 N–H and O–H groups in total. The van der Waals surface area contributed by atoms with Gasteiger partial charge in [0.05, 0.1) is 4.92 Å². The second kappa shape index (κ2) is 5.67. The molecule has 0 heterocycles. The Kier molecular flexibility index (Phi) is 3.97. The molecule has 0 radical (unpaired) electrons. The summed E-state index contributed by atoms with van der Waals surface area (Å²) in [6.07, 6.45) is 6.87. The van der Waals surface area contributed by atoms with Gasteiger partial charge in [-0.2, -0.15) is 0 Å². The molecule has 4 nitrogen and oxygen atoms in total. The van der Waals surface area contributed by atoms with Crippen LogP contribution >= 0.6 is 0 Å². The van der Waals surface area contributed by atoms with Crippen molar-refractivity contribution in [3.05, 3.63) is 45.5 Å². The maximum absolute atomic E-state index is 11.0. The first-order valence-electron chi connectivity index (χ1n) is 6.34. The van der Waals surface area contributed by atoms with Gasteiger partial charge >= 0.3 is 0 Å². The summed E-state index contributed by atoms with van der Waals surface area (Å²) in [7, 11) is 0. The van der Waals surface area contributed by atoms with Crippen molar-refractivity contribution in [2.45, 2.75) is 32.6 Å². The molecule has 0 amide bonds. The SMILES string of the molecule is Cc1cccc(NCCC2=CCCC2)c1[N+](=O)[O-]. The van der Waals surface area contributed by atoms with Gasteiger partial charge < -0.3 is 5.32 Å². The summed E-state index contributed by atoms with van der Waals surface area (Å²) in [6, 6.07) is 5.39. The number of aryl methyl sites for hydroxylation is 1. The van der Waals surface area contributed by atoms with Gasteiger partial charge in [0.2, 0.25) is 0 Å². The van der Waals surface area contributed by atoms with Gasteiger partial charge in [0.15, 0.2) is 0 Å². The van der Waals surface area contributed by atoms with Crippen LogP contribution in [0.1, 0.15) is 31.2 Å². The van der Waals surface area contributed by atoms with Gasteiger partial charge in [-0.3, -0.25) is 10.1 Å². The van der Waals surface area contributed by atoms with Crippen molar-refractivity contribution in [1.82, 2.24) is 0 Å². The molecule has 1 aromatic rings.